The third-order valence-corrected chi connectivity index (χ3v) is 4.60. The summed E-state index contributed by atoms with van der Waals surface area (Å²) in [6.07, 6.45) is 1.14. The molecule has 0 aromatic carbocycles. The minimum Gasteiger partial charge on any atom is -0.327 e. The molecule has 0 saturated carbocycles. The number of hydrogen-bond acceptors (Lipinski definition) is 3. The summed E-state index contributed by atoms with van der Waals surface area (Å²) in [6.45, 7) is 10.1. The predicted octanol–water partition coefficient (Wildman–Crippen LogP) is 2.53. The zero-order valence-electron chi connectivity index (χ0n) is 10.5. The molecule has 1 aliphatic rings. The topological polar surface area (TPSA) is 29.3 Å². The summed E-state index contributed by atoms with van der Waals surface area (Å²) in [4.78, 5) is 5.44. The van der Waals surface area contributed by atoms with E-state index in [1.807, 2.05) is 11.3 Å². The molecule has 3 heteroatoms. The van der Waals surface area contributed by atoms with Gasteiger partial charge >= 0.3 is 0 Å². The van der Waals surface area contributed by atoms with Crippen molar-refractivity contribution in [3.63, 3.8) is 0 Å². The molecule has 2 N–H and O–H groups in total. The van der Waals surface area contributed by atoms with E-state index >= 15 is 0 Å². The van der Waals surface area contributed by atoms with Gasteiger partial charge in [0.1, 0.15) is 0 Å². The molecule has 0 spiro atoms. The molecule has 2 heterocycles. The van der Waals surface area contributed by atoms with E-state index in [0.29, 0.717) is 12.0 Å². The molecule has 1 fully saturated rings. The van der Waals surface area contributed by atoms with Crippen molar-refractivity contribution in [2.75, 3.05) is 13.1 Å². The van der Waals surface area contributed by atoms with Gasteiger partial charge < -0.3 is 5.73 Å². The third-order valence-electron chi connectivity index (χ3n) is 3.59. The first-order valence-electron chi connectivity index (χ1n) is 6.10. The summed E-state index contributed by atoms with van der Waals surface area (Å²) in [5.74, 6) is 0.633. The number of piperidine rings is 1. The van der Waals surface area contributed by atoms with Gasteiger partial charge in [0.05, 0.1) is 0 Å². The van der Waals surface area contributed by atoms with E-state index in [1.54, 1.807) is 0 Å². The lowest BCUT2D eigenvalue weighted by molar-refractivity contribution is 0.158. The lowest BCUT2D eigenvalue weighted by Crippen LogP contribution is -2.45. The van der Waals surface area contributed by atoms with Crippen LogP contribution in [-0.4, -0.2) is 24.0 Å². The molecule has 2 rings (SSSR count). The number of nitrogens with zero attached hydrogens (tertiary/aromatic N) is 1. The van der Waals surface area contributed by atoms with Gasteiger partial charge in [0.15, 0.2) is 0 Å². The van der Waals surface area contributed by atoms with Gasteiger partial charge in [-0.3, -0.25) is 4.90 Å². The summed E-state index contributed by atoms with van der Waals surface area (Å²) in [6, 6.07) is 2.74. The number of likely N-dealkylation sites (tertiary alicyclic amines) is 1. The summed E-state index contributed by atoms with van der Waals surface area (Å²) in [7, 11) is 0. The Morgan fingerprint density at radius 1 is 1.50 bits per heavy atom. The van der Waals surface area contributed by atoms with Gasteiger partial charge in [-0.05, 0) is 44.4 Å². The van der Waals surface area contributed by atoms with Crippen LogP contribution >= 0.6 is 11.3 Å². The standard InChI is InChI=1S/C13H22N2S/c1-9-7-15(5-4-13(9)14)8-12-6-10(2)16-11(12)3/h6,9,13H,4-5,7-8,14H2,1-3H3. The van der Waals surface area contributed by atoms with Gasteiger partial charge in [-0.15, -0.1) is 11.3 Å². The van der Waals surface area contributed by atoms with Crippen molar-refractivity contribution in [2.45, 2.75) is 39.8 Å². The first-order chi connectivity index (χ1) is 7.56. The molecule has 1 aromatic rings. The van der Waals surface area contributed by atoms with Crippen molar-refractivity contribution in [1.29, 1.82) is 0 Å². The normalized spacial score (nSPS) is 27.2. The first-order valence-corrected chi connectivity index (χ1v) is 6.91. The van der Waals surface area contributed by atoms with Crippen molar-refractivity contribution in [2.24, 2.45) is 11.7 Å². The number of thiophene rings is 1. The molecule has 2 unspecified atom stereocenters. The van der Waals surface area contributed by atoms with Crippen LogP contribution in [0.2, 0.25) is 0 Å². The van der Waals surface area contributed by atoms with Gasteiger partial charge in [-0.25, -0.2) is 0 Å². The zero-order valence-corrected chi connectivity index (χ0v) is 11.3. The first kappa shape index (κ1) is 12.1. The van der Waals surface area contributed by atoms with Crippen LogP contribution in [0.5, 0.6) is 0 Å². The minimum atomic E-state index is 0.404. The van der Waals surface area contributed by atoms with Gasteiger partial charge in [-0.1, -0.05) is 6.92 Å². The maximum atomic E-state index is 6.04. The molecule has 0 bridgehead atoms. The fourth-order valence-corrected chi connectivity index (χ4v) is 3.41. The van der Waals surface area contributed by atoms with Crippen LogP contribution in [0.3, 0.4) is 0 Å². The Hall–Kier alpha value is -0.380. The molecule has 90 valence electrons. The molecule has 2 atom stereocenters. The fourth-order valence-electron chi connectivity index (χ4n) is 2.48. The minimum absolute atomic E-state index is 0.404. The van der Waals surface area contributed by atoms with Crippen molar-refractivity contribution >= 4 is 11.3 Å². The number of nitrogens with two attached hydrogens (primary N) is 1. The molecule has 16 heavy (non-hydrogen) atoms. The van der Waals surface area contributed by atoms with Gasteiger partial charge in [0, 0.05) is 28.9 Å². The molecular formula is C13H22N2S. The van der Waals surface area contributed by atoms with E-state index in [2.05, 4.69) is 31.7 Å². The number of aryl methyl sites for hydroxylation is 2. The van der Waals surface area contributed by atoms with E-state index in [1.165, 1.54) is 15.3 Å². The van der Waals surface area contributed by atoms with Crippen molar-refractivity contribution in [3.05, 3.63) is 21.4 Å². The number of hydrogen-bond donors (Lipinski definition) is 1. The summed E-state index contributed by atoms with van der Waals surface area (Å²) < 4.78 is 0. The average molecular weight is 238 g/mol. The Bertz CT molecular complexity index is 359. The molecule has 1 saturated heterocycles. The van der Waals surface area contributed by atoms with Crippen molar-refractivity contribution in [1.82, 2.24) is 4.90 Å². The van der Waals surface area contributed by atoms with E-state index in [-0.39, 0.29) is 0 Å². The maximum Gasteiger partial charge on any atom is 0.0244 e. The quantitative estimate of drug-likeness (QED) is 0.858. The van der Waals surface area contributed by atoms with Gasteiger partial charge in [0.2, 0.25) is 0 Å². The largest absolute Gasteiger partial charge is 0.327 e. The van der Waals surface area contributed by atoms with Gasteiger partial charge in [0.25, 0.3) is 0 Å². The van der Waals surface area contributed by atoms with Crippen LogP contribution in [0.25, 0.3) is 0 Å². The second-order valence-electron chi connectivity index (χ2n) is 5.10. The highest BCUT2D eigenvalue weighted by molar-refractivity contribution is 7.12. The Kier molecular flexibility index (Phi) is 3.67. The van der Waals surface area contributed by atoms with E-state index in [9.17, 15) is 0 Å². The van der Waals surface area contributed by atoms with Crippen LogP contribution in [-0.2, 0) is 6.54 Å². The highest BCUT2D eigenvalue weighted by atomic mass is 32.1. The lowest BCUT2D eigenvalue weighted by atomic mass is 9.94. The Morgan fingerprint density at radius 2 is 2.25 bits per heavy atom. The second-order valence-corrected chi connectivity index (χ2v) is 6.56. The van der Waals surface area contributed by atoms with E-state index < -0.39 is 0 Å². The molecule has 0 radical (unpaired) electrons. The summed E-state index contributed by atoms with van der Waals surface area (Å²) in [5.41, 5.74) is 7.55. The Labute approximate surface area is 102 Å². The highest BCUT2D eigenvalue weighted by Crippen LogP contribution is 2.24. The van der Waals surface area contributed by atoms with Crippen LogP contribution in [0.1, 0.15) is 28.7 Å². The maximum absolute atomic E-state index is 6.04. The molecule has 0 aliphatic carbocycles. The average Bonchev–Trinajstić information content (AvgIpc) is 2.51. The van der Waals surface area contributed by atoms with Crippen molar-refractivity contribution < 1.29 is 0 Å². The molecule has 0 amide bonds. The lowest BCUT2D eigenvalue weighted by Gasteiger charge is -2.35. The highest BCUT2D eigenvalue weighted by Gasteiger charge is 2.23. The monoisotopic (exact) mass is 238 g/mol. The predicted molar refractivity (Wildman–Crippen MR) is 70.8 cm³/mol. The van der Waals surface area contributed by atoms with Crippen LogP contribution in [0.4, 0.5) is 0 Å². The second kappa shape index (κ2) is 4.86. The Balaban J connectivity index is 1.98. The molecule has 2 nitrogen and oxygen atoms in total. The zero-order chi connectivity index (χ0) is 11.7. The smallest absolute Gasteiger partial charge is 0.0244 e. The van der Waals surface area contributed by atoms with Crippen LogP contribution in [0, 0.1) is 19.8 Å². The summed E-state index contributed by atoms with van der Waals surface area (Å²) in [5, 5.41) is 0. The van der Waals surface area contributed by atoms with Crippen molar-refractivity contribution in [3.8, 4) is 0 Å². The Morgan fingerprint density at radius 3 is 2.81 bits per heavy atom. The molecular weight excluding hydrogens is 216 g/mol. The molecule has 1 aromatic heterocycles. The summed E-state index contributed by atoms with van der Waals surface area (Å²) >= 11 is 1.91. The SMILES string of the molecule is Cc1cc(CN2CCC(N)C(C)C2)c(C)s1. The van der Waals surface area contributed by atoms with Gasteiger partial charge in [-0.2, -0.15) is 0 Å². The van der Waals surface area contributed by atoms with Crippen LogP contribution in [0.15, 0.2) is 6.07 Å². The molecule has 1 aliphatic heterocycles. The van der Waals surface area contributed by atoms with E-state index in [4.69, 9.17) is 5.73 Å². The van der Waals surface area contributed by atoms with Crippen LogP contribution < -0.4 is 5.73 Å². The van der Waals surface area contributed by atoms with E-state index in [0.717, 1.165) is 26.1 Å². The number of rotatable bonds is 2. The third kappa shape index (κ3) is 2.65. The fraction of sp³-hybridized carbons (Fsp3) is 0.692.